The Balaban J connectivity index is 1.79. The fourth-order valence-corrected chi connectivity index (χ4v) is 3.56. The van der Waals surface area contributed by atoms with Gasteiger partial charge in [-0.05, 0) is 49.9 Å². The number of nitrogens with one attached hydrogen (secondary N) is 3. The summed E-state index contributed by atoms with van der Waals surface area (Å²) in [5.41, 5.74) is -1.50. The average Bonchev–Trinajstić information content (AvgIpc) is 3.21. The van der Waals surface area contributed by atoms with Crippen LogP contribution >= 0.6 is 0 Å². The molecule has 0 radical (unpaired) electrons. The third-order valence-electron chi connectivity index (χ3n) is 5.17. The minimum absolute atomic E-state index is 0.121. The first-order valence-corrected chi connectivity index (χ1v) is 9.81. The molecule has 0 aliphatic heterocycles. The SMILES string of the molecule is N#CC1(NC(=O)CNc2cc([N+](=O)[O-])ccc2Nc2cccc(C(F)(F)F)c2)CCCC1. The number of rotatable bonds is 7. The van der Waals surface area contributed by atoms with Crippen LogP contribution < -0.4 is 16.0 Å². The van der Waals surface area contributed by atoms with Crippen molar-refractivity contribution in [3.63, 3.8) is 0 Å². The number of halogens is 3. The Labute approximate surface area is 181 Å². The summed E-state index contributed by atoms with van der Waals surface area (Å²) in [7, 11) is 0. The number of nitro benzene ring substituents is 1. The van der Waals surface area contributed by atoms with Crippen molar-refractivity contribution in [3.8, 4) is 6.07 Å². The van der Waals surface area contributed by atoms with Gasteiger partial charge in [-0.2, -0.15) is 18.4 Å². The van der Waals surface area contributed by atoms with Crippen molar-refractivity contribution in [1.29, 1.82) is 5.26 Å². The largest absolute Gasteiger partial charge is 0.416 e. The van der Waals surface area contributed by atoms with Gasteiger partial charge in [0.25, 0.3) is 5.69 Å². The van der Waals surface area contributed by atoms with Crippen LogP contribution in [0, 0.1) is 21.4 Å². The summed E-state index contributed by atoms with van der Waals surface area (Å²) in [5.74, 6) is -0.468. The lowest BCUT2D eigenvalue weighted by atomic mass is 10.00. The molecule has 2 aromatic rings. The topological polar surface area (TPSA) is 120 Å². The van der Waals surface area contributed by atoms with E-state index in [-0.39, 0.29) is 29.3 Å². The summed E-state index contributed by atoms with van der Waals surface area (Å²) < 4.78 is 38.9. The van der Waals surface area contributed by atoms with Gasteiger partial charge in [-0.15, -0.1) is 0 Å². The zero-order valence-electron chi connectivity index (χ0n) is 16.8. The quantitative estimate of drug-likeness (QED) is 0.417. The van der Waals surface area contributed by atoms with Crippen molar-refractivity contribution in [2.45, 2.75) is 37.4 Å². The van der Waals surface area contributed by atoms with Gasteiger partial charge in [-0.3, -0.25) is 14.9 Å². The minimum Gasteiger partial charge on any atom is -0.374 e. The van der Waals surface area contributed by atoms with E-state index in [0.29, 0.717) is 12.8 Å². The van der Waals surface area contributed by atoms with E-state index in [0.717, 1.165) is 25.0 Å². The second-order valence-corrected chi connectivity index (χ2v) is 7.49. The maximum absolute atomic E-state index is 13.0. The van der Waals surface area contributed by atoms with Gasteiger partial charge in [-0.1, -0.05) is 6.07 Å². The van der Waals surface area contributed by atoms with Crippen LogP contribution in [0.25, 0.3) is 0 Å². The third-order valence-corrected chi connectivity index (χ3v) is 5.17. The van der Waals surface area contributed by atoms with Crippen LogP contribution in [0.5, 0.6) is 0 Å². The van der Waals surface area contributed by atoms with Crippen molar-refractivity contribution in [1.82, 2.24) is 5.32 Å². The van der Waals surface area contributed by atoms with Crippen LogP contribution in [-0.2, 0) is 11.0 Å². The molecule has 0 saturated heterocycles. The number of nitro groups is 1. The Kier molecular flexibility index (Phi) is 6.53. The molecule has 0 atom stereocenters. The van der Waals surface area contributed by atoms with E-state index in [4.69, 9.17) is 0 Å². The molecular weight excluding hydrogens is 427 g/mol. The van der Waals surface area contributed by atoms with E-state index >= 15 is 0 Å². The van der Waals surface area contributed by atoms with Gasteiger partial charge in [0, 0.05) is 17.8 Å². The lowest BCUT2D eigenvalue weighted by molar-refractivity contribution is -0.384. The van der Waals surface area contributed by atoms with E-state index in [1.807, 2.05) is 0 Å². The van der Waals surface area contributed by atoms with Gasteiger partial charge < -0.3 is 16.0 Å². The van der Waals surface area contributed by atoms with E-state index in [2.05, 4.69) is 22.0 Å². The Hall–Kier alpha value is -3.81. The van der Waals surface area contributed by atoms with Crippen molar-refractivity contribution in [2.75, 3.05) is 17.2 Å². The number of benzene rings is 2. The van der Waals surface area contributed by atoms with Gasteiger partial charge in [0.15, 0.2) is 0 Å². The molecule has 1 saturated carbocycles. The zero-order valence-corrected chi connectivity index (χ0v) is 16.8. The molecule has 0 aromatic heterocycles. The first-order chi connectivity index (χ1) is 15.1. The number of alkyl halides is 3. The molecule has 3 rings (SSSR count). The molecular formula is C21H20F3N5O3. The molecule has 0 spiro atoms. The zero-order chi connectivity index (χ0) is 23.4. The first kappa shape index (κ1) is 22.9. The van der Waals surface area contributed by atoms with Crippen LogP contribution in [0.15, 0.2) is 42.5 Å². The lowest BCUT2D eigenvalue weighted by Gasteiger charge is -2.22. The average molecular weight is 447 g/mol. The smallest absolute Gasteiger partial charge is 0.374 e. The van der Waals surface area contributed by atoms with Gasteiger partial charge in [-0.25, -0.2) is 0 Å². The second-order valence-electron chi connectivity index (χ2n) is 7.49. The number of carbonyl (C=O) groups is 1. The molecule has 1 aliphatic rings. The Morgan fingerprint density at radius 2 is 1.88 bits per heavy atom. The predicted octanol–water partition coefficient (Wildman–Crippen LogP) is 4.72. The number of anilines is 3. The van der Waals surface area contributed by atoms with Crippen LogP contribution in [0.2, 0.25) is 0 Å². The maximum Gasteiger partial charge on any atom is 0.416 e. The van der Waals surface area contributed by atoms with E-state index < -0.39 is 28.1 Å². The van der Waals surface area contributed by atoms with Gasteiger partial charge >= 0.3 is 6.18 Å². The van der Waals surface area contributed by atoms with Gasteiger partial charge in [0.05, 0.1) is 34.5 Å². The molecule has 1 aliphatic carbocycles. The Morgan fingerprint density at radius 1 is 1.16 bits per heavy atom. The van der Waals surface area contributed by atoms with E-state index in [1.54, 1.807) is 0 Å². The molecule has 168 valence electrons. The summed E-state index contributed by atoms with van der Waals surface area (Å²) in [6, 6.07) is 10.4. The van der Waals surface area contributed by atoms with Crippen molar-refractivity contribution in [2.24, 2.45) is 0 Å². The molecule has 0 unspecified atom stereocenters. The maximum atomic E-state index is 13.0. The van der Waals surface area contributed by atoms with E-state index in [9.17, 15) is 33.3 Å². The number of hydrogen-bond donors (Lipinski definition) is 3. The summed E-state index contributed by atoms with van der Waals surface area (Å²) >= 11 is 0. The van der Waals surface area contributed by atoms with Gasteiger partial charge in [0.1, 0.15) is 5.54 Å². The molecule has 0 heterocycles. The molecule has 11 heteroatoms. The lowest BCUT2D eigenvalue weighted by Crippen LogP contribution is -2.47. The summed E-state index contributed by atoms with van der Waals surface area (Å²) in [6.45, 7) is -0.276. The summed E-state index contributed by atoms with van der Waals surface area (Å²) in [4.78, 5) is 22.9. The highest BCUT2D eigenvalue weighted by atomic mass is 19.4. The monoisotopic (exact) mass is 447 g/mol. The molecule has 2 aromatic carbocycles. The molecule has 8 nitrogen and oxygen atoms in total. The molecule has 1 amide bonds. The fourth-order valence-electron chi connectivity index (χ4n) is 3.56. The number of amides is 1. The first-order valence-electron chi connectivity index (χ1n) is 9.81. The molecule has 3 N–H and O–H groups in total. The predicted molar refractivity (Wildman–Crippen MR) is 111 cm³/mol. The highest BCUT2D eigenvalue weighted by molar-refractivity contribution is 5.85. The number of hydrogen-bond acceptors (Lipinski definition) is 6. The minimum atomic E-state index is -4.52. The fraction of sp³-hybridized carbons (Fsp3) is 0.333. The second kappa shape index (κ2) is 9.13. The Morgan fingerprint density at radius 3 is 2.50 bits per heavy atom. The number of nitriles is 1. The number of nitrogens with zero attached hydrogens (tertiary/aromatic N) is 2. The number of non-ortho nitro benzene ring substituents is 1. The highest BCUT2D eigenvalue weighted by Crippen LogP contribution is 2.34. The molecule has 32 heavy (non-hydrogen) atoms. The van der Waals surface area contributed by atoms with Crippen LogP contribution in [0.3, 0.4) is 0 Å². The highest BCUT2D eigenvalue weighted by Gasteiger charge is 2.35. The standard InChI is InChI=1S/C21H20F3N5O3/c22-21(23,24)14-4-3-5-15(10-14)27-17-7-6-16(29(31)32)11-18(17)26-12-19(30)28-20(13-25)8-1-2-9-20/h3-7,10-11,26-27H,1-2,8-9,12H2,(H,28,30). The van der Waals surface area contributed by atoms with Crippen molar-refractivity contribution >= 4 is 28.7 Å². The summed E-state index contributed by atoms with van der Waals surface area (Å²) in [5, 5.41) is 28.8. The molecule has 0 bridgehead atoms. The van der Waals surface area contributed by atoms with Gasteiger partial charge in [0.2, 0.25) is 5.91 Å². The Bertz CT molecular complexity index is 1060. The van der Waals surface area contributed by atoms with Crippen LogP contribution in [-0.4, -0.2) is 22.9 Å². The van der Waals surface area contributed by atoms with Crippen LogP contribution in [0.1, 0.15) is 31.2 Å². The van der Waals surface area contributed by atoms with E-state index in [1.165, 1.54) is 30.3 Å². The van der Waals surface area contributed by atoms with Crippen molar-refractivity contribution in [3.05, 3.63) is 58.1 Å². The molecule has 1 fully saturated rings. The normalized spacial score (nSPS) is 14.9. The van der Waals surface area contributed by atoms with Crippen LogP contribution in [0.4, 0.5) is 35.9 Å². The number of carbonyl (C=O) groups excluding carboxylic acids is 1. The van der Waals surface area contributed by atoms with Crippen molar-refractivity contribution < 1.29 is 22.9 Å². The summed E-state index contributed by atoms with van der Waals surface area (Å²) in [6.07, 6.45) is -1.76. The third kappa shape index (κ3) is 5.46.